The third-order valence-electron chi connectivity index (χ3n) is 6.45. The van der Waals surface area contributed by atoms with Crippen LogP contribution in [0, 0.1) is 5.92 Å². The minimum Gasteiger partial charge on any atom is -0.326 e. The highest BCUT2D eigenvalue weighted by molar-refractivity contribution is 5.88. The third kappa shape index (κ3) is 5.69. The van der Waals surface area contributed by atoms with Gasteiger partial charge in [-0.25, -0.2) is 18.3 Å². The number of halogens is 5. The molecule has 3 N–H and O–H groups in total. The maximum atomic E-state index is 13.5. The molecule has 0 aromatic carbocycles. The van der Waals surface area contributed by atoms with Crippen molar-refractivity contribution in [1.29, 1.82) is 0 Å². The molecule has 2 aromatic heterocycles. The van der Waals surface area contributed by atoms with Crippen LogP contribution < -0.4 is 11.1 Å². The topological polar surface area (TPSA) is 85.3 Å². The Hall–Kier alpha value is -2.56. The molecule has 2 aromatic rings. The van der Waals surface area contributed by atoms with Crippen molar-refractivity contribution in [3.8, 4) is 0 Å². The SMILES string of the molecule is N[C@H](c1cn2ncc(C(NC(=O)CCC(F)(F)F)=C3CCC3)cc2n1)C1CCC(F)(F)CC1. The van der Waals surface area contributed by atoms with Crippen LogP contribution in [-0.4, -0.2) is 32.6 Å². The molecule has 180 valence electrons. The van der Waals surface area contributed by atoms with Gasteiger partial charge in [0.2, 0.25) is 11.8 Å². The first-order valence-electron chi connectivity index (χ1n) is 11.1. The minimum atomic E-state index is -4.40. The summed E-state index contributed by atoms with van der Waals surface area (Å²) in [5.41, 5.74) is 9.32. The first-order chi connectivity index (χ1) is 15.5. The molecular weight excluding hydrogens is 445 g/mol. The predicted octanol–water partition coefficient (Wildman–Crippen LogP) is 4.91. The van der Waals surface area contributed by atoms with Crippen LogP contribution in [0.3, 0.4) is 0 Å². The smallest absolute Gasteiger partial charge is 0.326 e. The zero-order valence-corrected chi connectivity index (χ0v) is 18.0. The van der Waals surface area contributed by atoms with Crippen molar-refractivity contribution in [2.24, 2.45) is 11.7 Å². The lowest BCUT2D eigenvalue weighted by molar-refractivity contribution is -0.143. The Labute approximate surface area is 187 Å². The zero-order valence-electron chi connectivity index (χ0n) is 18.0. The molecular formula is C22H26F5N5O. The second-order valence-corrected chi connectivity index (χ2v) is 8.93. The molecule has 6 nitrogen and oxygen atoms in total. The molecule has 0 unspecified atom stereocenters. The second-order valence-electron chi connectivity index (χ2n) is 8.93. The standard InChI is InChI=1S/C22H26F5N5O/c23-21(24)7-4-13(5-8-21)19(28)16-12-32-17(30-16)10-15(11-29-32)20(14-2-1-3-14)31-18(33)6-9-22(25,26)27/h10-13,19H,1-9,28H2,(H,31,33)/t19-/m0/s1. The number of nitrogens with two attached hydrogens (primary N) is 1. The van der Waals surface area contributed by atoms with E-state index in [0.29, 0.717) is 35.4 Å². The monoisotopic (exact) mass is 471 g/mol. The summed E-state index contributed by atoms with van der Waals surface area (Å²) in [6, 6.07) is 1.20. The Morgan fingerprint density at radius 2 is 1.97 bits per heavy atom. The Balaban J connectivity index is 1.52. The summed E-state index contributed by atoms with van der Waals surface area (Å²) in [5, 5.41) is 6.95. The maximum Gasteiger partial charge on any atom is 0.389 e. The van der Waals surface area contributed by atoms with Crippen LogP contribution >= 0.6 is 0 Å². The number of carbonyl (C=O) groups excluding carboxylic acids is 1. The summed E-state index contributed by atoms with van der Waals surface area (Å²) < 4.78 is 65.9. The van der Waals surface area contributed by atoms with Gasteiger partial charge in [-0.05, 0) is 49.7 Å². The Morgan fingerprint density at radius 3 is 2.58 bits per heavy atom. The number of aromatic nitrogens is 3. The van der Waals surface area contributed by atoms with E-state index in [2.05, 4.69) is 15.4 Å². The number of hydrogen-bond acceptors (Lipinski definition) is 4. The normalized spacial score (nSPS) is 19.9. The van der Waals surface area contributed by atoms with Crippen LogP contribution in [0.5, 0.6) is 0 Å². The van der Waals surface area contributed by atoms with E-state index in [1.165, 1.54) is 10.7 Å². The largest absolute Gasteiger partial charge is 0.389 e. The van der Waals surface area contributed by atoms with E-state index in [-0.39, 0.29) is 18.8 Å². The summed E-state index contributed by atoms with van der Waals surface area (Å²) in [7, 11) is 0. The van der Waals surface area contributed by atoms with Crippen molar-refractivity contribution < 1.29 is 26.7 Å². The number of amides is 1. The van der Waals surface area contributed by atoms with Crippen LogP contribution in [-0.2, 0) is 4.79 Å². The molecule has 2 saturated carbocycles. The number of fused-ring (bicyclic) bond motifs is 1. The summed E-state index contributed by atoms with van der Waals surface area (Å²) in [5.74, 6) is -3.45. The molecule has 1 amide bonds. The molecule has 0 aliphatic heterocycles. The first-order valence-corrected chi connectivity index (χ1v) is 11.1. The van der Waals surface area contributed by atoms with E-state index >= 15 is 0 Å². The fourth-order valence-electron chi connectivity index (χ4n) is 4.28. The van der Waals surface area contributed by atoms with Gasteiger partial charge >= 0.3 is 6.18 Å². The Bertz CT molecular complexity index is 1050. The van der Waals surface area contributed by atoms with Crippen molar-refractivity contribution in [2.45, 2.75) is 75.9 Å². The molecule has 0 spiro atoms. The van der Waals surface area contributed by atoms with Crippen LogP contribution in [0.4, 0.5) is 22.0 Å². The van der Waals surface area contributed by atoms with Gasteiger partial charge in [-0.15, -0.1) is 0 Å². The van der Waals surface area contributed by atoms with Gasteiger partial charge in [0.1, 0.15) is 0 Å². The van der Waals surface area contributed by atoms with Gasteiger partial charge in [0.05, 0.1) is 30.6 Å². The summed E-state index contributed by atoms with van der Waals surface area (Å²) in [6.45, 7) is 0. The average molecular weight is 471 g/mol. The highest BCUT2D eigenvalue weighted by atomic mass is 19.4. The van der Waals surface area contributed by atoms with Gasteiger partial charge in [-0.3, -0.25) is 4.79 Å². The number of rotatable bonds is 6. The van der Waals surface area contributed by atoms with Gasteiger partial charge < -0.3 is 11.1 Å². The van der Waals surface area contributed by atoms with Crippen LogP contribution in [0.1, 0.15) is 75.1 Å². The minimum absolute atomic E-state index is 0.102. The highest BCUT2D eigenvalue weighted by Gasteiger charge is 2.37. The van der Waals surface area contributed by atoms with Crippen LogP contribution in [0.15, 0.2) is 24.0 Å². The van der Waals surface area contributed by atoms with Gasteiger partial charge in [0, 0.05) is 30.5 Å². The van der Waals surface area contributed by atoms with E-state index in [1.54, 1.807) is 12.3 Å². The molecule has 4 rings (SSSR count). The maximum absolute atomic E-state index is 13.5. The van der Waals surface area contributed by atoms with Crippen molar-refractivity contribution in [2.75, 3.05) is 0 Å². The van der Waals surface area contributed by atoms with Gasteiger partial charge in [-0.1, -0.05) is 0 Å². The number of nitrogens with zero attached hydrogens (tertiary/aromatic N) is 3. The molecule has 2 aliphatic carbocycles. The average Bonchev–Trinajstić information content (AvgIpc) is 3.13. The predicted molar refractivity (Wildman–Crippen MR) is 111 cm³/mol. The number of alkyl halides is 5. The number of imidazole rings is 1. The number of nitrogens with one attached hydrogen (secondary N) is 1. The molecule has 2 fully saturated rings. The molecule has 33 heavy (non-hydrogen) atoms. The van der Waals surface area contributed by atoms with Crippen LogP contribution in [0.25, 0.3) is 11.3 Å². The first kappa shape index (κ1) is 23.6. The molecule has 0 bridgehead atoms. The molecule has 1 atom stereocenters. The quantitative estimate of drug-likeness (QED) is 0.587. The zero-order chi connectivity index (χ0) is 23.8. The molecule has 0 radical (unpaired) electrons. The van der Waals surface area contributed by atoms with Crippen molar-refractivity contribution >= 4 is 17.3 Å². The summed E-state index contributed by atoms with van der Waals surface area (Å²) in [4.78, 5) is 16.7. The van der Waals surface area contributed by atoms with E-state index in [9.17, 15) is 26.7 Å². The molecule has 0 saturated heterocycles. The fourth-order valence-corrected chi connectivity index (χ4v) is 4.28. The number of allylic oxidation sites excluding steroid dienone is 1. The fraction of sp³-hybridized carbons (Fsp3) is 0.591. The summed E-state index contributed by atoms with van der Waals surface area (Å²) in [6.07, 6.45) is -0.360. The lowest BCUT2D eigenvalue weighted by Crippen LogP contribution is -2.31. The lowest BCUT2D eigenvalue weighted by Gasteiger charge is -2.31. The Kier molecular flexibility index (Phi) is 6.43. The van der Waals surface area contributed by atoms with Gasteiger partial charge in [0.25, 0.3) is 0 Å². The summed E-state index contributed by atoms with van der Waals surface area (Å²) >= 11 is 0. The van der Waals surface area contributed by atoms with Crippen LogP contribution in [0.2, 0.25) is 0 Å². The molecule has 2 aliphatic rings. The lowest BCUT2D eigenvalue weighted by atomic mass is 9.81. The highest BCUT2D eigenvalue weighted by Crippen LogP contribution is 2.40. The molecule has 11 heteroatoms. The van der Waals surface area contributed by atoms with E-state index in [0.717, 1.165) is 24.8 Å². The van der Waals surface area contributed by atoms with Crippen molar-refractivity contribution in [3.63, 3.8) is 0 Å². The van der Waals surface area contributed by atoms with Crippen molar-refractivity contribution in [1.82, 2.24) is 19.9 Å². The van der Waals surface area contributed by atoms with Gasteiger partial charge in [0.15, 0.2) is 5.65 Å². The van der Waals surface area contributed by atoms with Gasteiger partial charge in [-0.2, -0.15) is 18.3 Å². The van der Waals surface area contributed by atoms with E-state index in [4.69, 9.17) is 5.73 Å². The van der Waals surface area contributed by atoms with Crippen molar-refractivity contribution in [3.05, 3.63) is 35.3 Å². The van der Waals surface area contributed by atoms with E-state index < -0.39 is 36.9 Å². The number of carbonyl (C=O) groups is 1. The molecule has 2 heterocycles. The number of hydrogen-bond donors (Lipinski definition) is 2. The third-order valence-corrected chi connectivity index (χ3v) is 6.45. The van der Waals surface area contributed by atoms with E-state index in [1.807, 2.05) is 0 Å². The Morgan fingerprint density at radius 1 is 1.27 bits per heavy atom. The second kappa shape index (κ2) is 9.00.